The van der Waals surface area contributed by atoms with Crippen molar-refractivity contribution in [2.75, 3.05) is 37.6 Å². The molecule has 0 aliphatic carbocycles. The molecule has 1 aromatic rings. The molecular formula is C14H24N6. The van der Waals surface area contributed by atoms with Gasteiger partial charge in [0.05, 0.1) is 11.3 Å². The van der Waals surface area contributed by atoms with E-state index in [2.05, 4.69) is 26.9 Å². The topological polar surface area (TPSA) is 82.1 Å². The number of nitrogens with zero attached hydrogens (tertiary/aromatic N) is 4. The van der Waals surface area contributed by atoms with Gasteiger partial charge >= 0.3 is 0 Å². The molecule has 0 amide bonds. The van der Waals surface area contributed by atoms with Crippen LogP contribution in [0, 0.1) is 19.3 Å². The Balaban J connectivity index is 2.22. The van der Waals surface area contributed by atoms with Gasteiger partial charge in [-0.15, -0.1) is 5.10 Å². The maximum Gasteiger partial charge on any atom is 0.162 e. The SMILES string of the molecule is CCCN1CCN(c2nnc(C)c(C)c2C(=N)N)CC1. The highest BCUT2D eigenvalue weighted by Crippen LogP contribution is 2.22. The zero-order chi connectivity index (χ0) is 14.7. The molecule has 1 aromatic heterocycles. The average molecular weight is 276 g/mol. The normalized spacial score (nSPS) is 16.4. The lowest BCUT2D eigenvalue weighted by atomic mass is 10.1. The molecule has 2 heterocycles. The fourth-order valence-electron chi connectivity index (χ4n) is 2.64. The van der Waals surface area contributed by atoms with Crippen LogP contribution in [0.4, 0.5) is 5.82 Å². The summed E-state index contributed by atoms with van der Waals surface area (Å²) >= 11 is 0. The van der Waals surface area contributed by atoms with E-state index in [1.165, 1.54) is 6.42 Å². The van der Waals surface area contributed by atoms with Gasteiger partial charge in [-0.2, -0.15) is 5.10 Å². The Morgan fingerprint density at radius 3 is 2.40 bits per heavy atom. The molecular weight excluding hydrogens is 252 g/mol. The molecule has 110 valence electrons. The summed E-state index contributed by atoms with van der Waals surface area (Å²) in [5.41, 5.74) is 8.28. The average Bonchev–Trinajstić information content (AvgIpc) is 2.42. The molecule has 0 atom stereocenters. The van der Waals surface area contributed by atoms with Crippen LogP contribution >= 0.6 is 0 Å². The van der Waals surface area contributed by atoms with E-state index >= 15 is 0 Å². The van der Waals surface area contributed by atoms with Gasteiger partial charge in [-0.1, -0.05) is 6.92 Å². The highest BCUT2D eigenvalue weighted by Gasteiger charge is 2.23. The first-order chi connectivity index (χ1) is 9.54. The summed E-state index contributed by atoms with van der Waals surface area (Å²) in [4.78, 5) is 4.65. The van der Waals surface area contributed by atoms with Crippen molar-refractivity contribution in [3.63, 3.8) is 0 Å². The van der Waals surface area contributed by atoms with Crippen molar-refractivity contribution in [2.45, 2.75) is 27.2 Å². The van der Waals surface area contributed by atoms with Crippen LogP contribution in [0.2, 0.25) is 0 Å². The summed E-state index contributed by atoms with van der Waals surface area (Å²) in [6, 6.07) is 0. The summed E-state index contributed by atoms with van der Waals surface area (Å²) in [7, 11) is 0. The number of anilines is 1. The molecule has 1 aliphatic rings. The molecule has 20 heavy (non-hydrogen) atoms. The minimum atomic E-state index is 0.0755. The predicted molar refractivity (Wildman–Crippen MR) is 81.5 cm³/mol. The van der Waals surface area contributed by atoms with E-state index in [9.17, 15) is 0 Å². The third-order valence-corrected chi connectivity index (χ3v) is 3.92. The first-order valence-electron chi connectivity index (χ1n) is 7.20. The van der Waals surface area contributed by atoms with Crippen molar-refractivity contribution in [1.82, 2.24) is 15.1 Å². The molecule has 0 aromatic carbocycles. The first-order valence-corrected chi connectivity index (χ1v) is 7.20. The number of rotatable bonds is 4. The summed E-state index contributed by atoms with van der Waals surface area (Å²) in [5, 5.41) is 16.3. The molecule has 0 radical (unpaired) electrons. The van der Waals surface area contributed by atoms with Gasteiger partial charge in [-0.25, -0.2) is 0 Å². The van der Waals surface area contributed by atoms with Crippen molar-refractivity contribution in [3.8, 4) is 0 Å². The number of aromatic nitrogens is 2. The Morgan fingerprint density at radius 2 is 1.85 bits per heavy atom. The van der Waals surface area contributed by atoms with Crippen LogP contribution in [0.5, 0.6) is 0 Å². The molecule has 1 aliphatic heterocycles. The molecule has 6 nitrogen and oxygen atoms in total. The highest BCUT2D eigenvalue weighted by atomic mass is 15.3. The van der Waals surface area contributed by atoms with Crippen LogP contribution in [-0.2, 0) is 0 Å². The molecule has 0 bridgehead atoms. The Kier molecular flexibility index (Phi) is 4.54. The monoisotopic (exact) mass is 276 g/mol. The van der Waals surface area contributed by atoms with Gasteiger partial charge in [-0.05, 0) is 32.4 Å². The Labute approximate surface area is 120 Å². The number of nitrogens with two attached hydrogens (primary N) is 1. The van der Waals surface area contributed by atoms with Crippen LogP contribution in [0.15, 0.2) is 0 Å². The Hall–Kier alpha value is -1.69. The standard InChI is InChI=1S/C14H24N6/c1-4-5-19-6-8-20(9-7-19)14-12(13(15)16)10(2)11(3)17-18-14/h4-9H2,1-3H3,(H3,15,16). The lowest BCUT2D eigenvalue weighted by Crippen LogP contribution is -2.47. The molecule has 3 N–H and O–H groups in total. The number of hydrogen-bond acceptors (Lipinski definition) is 5. The number of piperazine rings is 1. The Bertz CT molecular complexity index is 491. The minimum Gasteiger partial charge on any atom is -0.384 e. The van der Waals surface area contributed by atoms with Gasteiger partial charge in [0.2, 0.25) is 0 Å². The molecule has 0 spiro atoms. The quantitative estimate of drug-likeness (QED) is 0.631. The zero-order valence-electron chi connectivity index (χ0n) is 12.6. The zero-order valence-corrected chi connectivity index (χ0v) is 12.6. The van der Waals surface area contributed by atoms with Crippen LogP contribution < -0.4 is 10.6 Å². The lowest BCUT2D eigenvalue weighted by Gasteiger charge is -2.36. The van der Waals surface area contributed by atoms with Crippen molar-refractivity contribution >= 4 is 11.7 Å². The number of nitrogens with one attached hydrogen (secondary N) is 1. The molecule has 1 saturated heterocycles. The third-order valence-electron chi connectivity index (χ3n) is 3.92. The summed E-state index contributed by atoms with van der Waals surface area (Å²) in [6.45, 7) is 11.1. The molecule has 0 unspecified atom stereocenters. The van der Waals surface area contributed by atoms with E-state index in [0.717, 1.165) is 55.4 Å². The van der Waals surface area contributed by atoms with Gasteiger partial charge in [0.25, 0.3) is 0 Å². The van der Waals surface area contributed by atoms with E-state index in [1.54, 1.807) is 0 Å². The fourth-order valence-corrected chi connectivity index (χ4v) is 2.64. The molecule has 1 fully saturated rings. The second-order valence-corrected chi connectivity index (χ2v) is 5.35. The first kappa shape index (κ1) is 14.7. The largest absolute Gasteiger partial charge is 0.384 e. The van der Waals surface area contributed by atoms with Gasteiger partial charge in [0.15, 0.2) is 5.82 Å². The van der Waals surface area contributed by atoms with Gasteiger partial charge in [-0.3, -0.25) is 10.3 Å². The number of nitrogen functional groups attached to an aromatic ring is 1. The van der Waals surface area contributed by atoms with E-state index in [4.69, 9.17) is 11.1 Å². The van der Waals surface area contributed by atoms with E-state index in [-0.39, 0.29) is 5.84 Å². The maximum absolute atomic E-state index is 7.81. The minimum absolute atomic E-state index is 0.0755. The second kappa shape index (κ2) is 6.17. The van der Waals surface area contributed by atoms with Gasteiger partial charge < -0.3 is 10.6 Å². The van der Waals surface area contributed by atoms with E-state index < -0.39 is 0 Å². The highest BCUT2D eigenvalue weighted by molar-refractivity contribution is 6.01. The number of amidine groups is 1. The smallest absolute Gasteiger partial charge is 0.162 e. The summed E-state index contributed by atoms with van der Waals surface area (Å²) < 4.78 is 0. The van der Waals surface area contributed by atoms with E-state index in [1.807, 2.05) is 13.8 Å². The van der Waals surface area contributed by atoms with Crippen molar-refractivity contribution in [3.05, 3.63) is 16.8 Å². The number of aryl methyl sites for hydroxylation is 1. The maximum atomic E-state index is 7.81. The van der Waals surface area contributed by atoms with E-state index in [0.29, 0.717) is 0 Å². The Morgan fingerprint density at radius 1 is 1.20 bits per heavy atom. The molecule has 2 rings (SSSR count). The van der Waals surface area contributed by atoms with Crippen molar-refractivity contribution in [2.24, 2.45) is 5.73 Å². The van der Waals surface area contributed by atoms with Crippen LogP contribution in [0.1, 0.15) is 30.2 Å². The fraction of sp³-hybridized carbons (Fsp3) is 0.643. The van der Waals surface area contributed by atoms with Gasteiger partial charge in [0.1, 0.15) is 5.84 Å². The predicted octanol–water partition coefficient (Wildman–Crippen LogP) is 0.910. The van der Waals surface area contributed by atoms with Crippen LogP contribution in [-0.4, -0.2) is 53.7 Å². The molecule has 6 heteroatoms. The van der Waals surface area contributed by atoms with Crippen molar-refractivity contribution in [1.29, 1.82) is 5.41 Å². The summed E-state index contributed by atoms with van der Waals surface area (Å²) in [6.07, 6.45) is 1.18. The number of hydrogen-bond donors (Lipinski definition) is 2. The lowest BCUT2D eigenvalue weighted by molar-refractivity contribution is 0.257. The van der Waals surface area contributed by atoms with Gasteiger partial charge in [0, 0.05) is 26.2 Å². The second-order valence-electron chi connectivity index (χ2n) is 5.35. The van der Waals surface area contributed by atoms with Crippen LogP contribution in [0.25, 0.3) is 0 Å². The van der Waals surface area contributed by atoms with Crippen molar-refractivity contribution < 1.29 is 0 Å². The summed E-state index contributed by atoms with van der Waals surface area (Å²) in [5.74, 6) is 0.836. The molecule has 0 saturated carbocycles. The third kappa shape index (κ3) is 2.90. The van der Waals surface area contributed by atoms with Crippen LogP contribution in [0.3, 0.4) is 0 Å².